The van der Waals surface area contributed by atoms with Gasteiger partial charge in [-0.15, -0.1) is 0 Å². The molecule has 1 fully saturated rings. The molecule has 3 atom stereocenters. The lowest BCUT2D eigenvalue weighted by Gasteiger charge is -2.56. The summed E-state index contributed by atoms with van der Waals surface area (Å²) in [6.45, 7) is 12.3. The summed E-state index contributed by atoms with van der Waals surface area (Å²) in [6.07, 6.45) is 5.44. The molecule has 0 amide bonds. The molecule has 1 aromatic rings. The fourth-order valence-corrected chi connectivity index (χ4v) is 4.54. The first-order chi connectivity index (χ1) is 12.4. The number of fused-ring (bicyclic) bond motifs is 1. The van der Waals surface area contributed by atoms with E-state index in [1.54, 1.807) is 0 Å². The van der Waals surface area contributed by atoms with Crippen molar-refractivity contribution >= 4 is 0 Å². The van der Waals surface area contributed by atoms with E-state index in [-0.39, 0.29) is 0 Å². The second-order valence-corrected chi connectivity index (χ2v) is 8.70. The van der Waals surface area contributed by atoms with Gasteiger partial charge in [-0.1, -0.05) is 19.9 Å². The van der Waals surface area contributed by atoms with E-state index in [0.717, 1.165) is 31.1 Å². The number of hydrogen-bond donors (Lipinski definition) is 2. The molecule has 0 spiro atoms. The Hall–Kier alpha value is -1.17. The van der Waals surface area contributed by atoms with E-state index >= 15 is 0 Å². The molecule has 3 aliphatic rings. The van der Waals surface area contributed by atoms with Crippen LogP contribution in [0, 0.1) is 31.1 Å². The highest BCUT2D eigenvalue weighted by Crippen LogP contribution is 2.59. The Labute approximate surface area is 157 Å². The quantitative estimate of drug-likeness (QED) is 0.497. The molecule has 146 valence electrons. The van der Waals surface area contributed by atoms with E-state index in [0.29, 0.717) is 31.1 Å². The van der Waals surface area contributed by atoms with E-state index in [2.05, 4.69) is 43.3 Å². The molecule has 5 nitrogen and oxygen atoms in total. The van der Waals surface area contributed by atoms with Crippen molar-refractivity contribution in [1.82, 2.24) is 15.1 Å². The van der Waals surface area contributed by atoms with Gasteiger partial charge in [-0.25, -0.2) is 0 Å². The highest BCUT2D eigenvalue weighted by molar-refractivity contribution is 5.23. The molecule has 3 aliphatic carbocycles. The van der Waals surface area contributed by atoms with Gasteiger partial charge in [0.1, 0.15) is 0 Å². The number of ether oxygens (including phenoxy) is 1. The summed E-state index contributed by atoms with van der Waals surface area (Å²) >= 11 is 0. The lowest BCUT2D eigenvalue weighted by molar-refractivity contribution is -0.0235. The lowest BCUT2D eigenvalue weighted by atomic mass is 9.49. The first-order valence-electron chi connectivity index (χ1n) is 10.0. The van der Waals surface area contributed by atoms with Gasteiger partial charge >= 0.3 is 0 Å². The van der Waals surface area contributed by atoms with E-state index in [9.17, 15) is 5.11 Å². The van der Waals surface area contributed by atoms with E-state index in [1.165, 1.54) is 24.1 Å². The maximum atomic E-state index is 10.1. The molecule has 4 rings (SSSR count). The van der Waals surface area contributed by atoms with Crippen LogP contribution >= 0.6 is 0 Å². The van der Waals surface area contributed by atoms with Crippen molar-refractivity contribution in [2.45, 2.75) is 59.6 Å². The van der Waals surface area contributed by atoms with Crippen molar-refractivity contribution in [3.8, 4) is 0 Å². The molecule has 1 saturated carbocycles. The molecule has 0 aromatic carbocycles. The van der Waals surface area contributed by atoms with Gasteiger partial charge in [-0.3, -0.25) is 4.68 Å². The SMILES string of the molecule is Cc1cc(C)n(CCCNC[C@@H](O)COCC2=CC[C@H]3C[C@H]2C3(C)C)n1. The summed E-state index contributed by atoms with van der Waals surface area (Å²) in [4.78, 5) is 0. The molecule has 2 bridgehead atoms. The zero-order chi connectivity index (χ0) is 18.7. The van der Waals surface area contributed by atoms with Gasteiger partial charge in [0.05, 0.1) is 25.0 Å². The third-order valence-electron chi connectivity index (χ3n) is 6.37. The third-order valence-corrected chi connectivity index (χ3v) is 6.37. The number of nitrogens with one attached hydrogen (secondary N) is 1. The second kappa shape index (κ2) is 8.24. The molecule has 2 N–H and O–H groups in total. The van der Waals surface area contributed by atoms with E-state index in [4.69, 9.17) is 4.74 Å². The Morgan fingerprint density at radius 3 is 2.88 bits per heavy atom. The van der Waals surface area contributed by atoms with Crippen molar-refractivity contribution in [3.05, 3.63) is 29.1 Å². The summed E-state index contributed by atoms with van der Waals surface area (Å²) in [7, 11) is 0. The largest absolute Gasteiger partial charge is 0.389 e. The fourth-order valence-electron chi connectivity index (χ4n) is 4.54. The van der Waals surface area contributed by atoms with Crippen LogP contribution in [0.25, 0.3) is 0 Å². The number of aromatic nitrogens is 2. The van der Waals surface area contributed by atoms with Crippen molar-refractivity contribution in [2.24, 2.45) is 17.3 Å². The standard InChI is InChI=1S/C21H35N3O2/c1-15-10-16(2)24(23-15)9-5-8-22-12-19(25)14-26-13-17-6-7-18-11-20(17)21(18,3)4/h6,10,18-20,22,25H,5,7-9,11-14H2,1-4H3/t18-,19+,20+/m0/s1. The minimum absolute atomic E-state index is 0.401. The normalized spacial score (nSPS) is 24.9. The number of nitrogens with zero attached hydrogens (tertiary/aromatic N) is 2. The van der Waals surface area contributed by atoms with Crippen LogP contribution in [0.5, 0.6) is 0 Å². The summed E-state index contributed by atoms with van der Waals surface area (Å²) < 4.78 is 7.84. The fraction of sp³-hybridized carbons (Fsp3) is 0.762. The lowest BCUT2D eigenvalue weighted by Crippen LogP contribution is -2.48. The van der Waals surface area contributed by atoms with Crippen molar-refractivity contribution < 1.29 is 9.84 Å². The van der Waals surface area contributed by atoms with Gasteiger partial charge in [0.25, 0.3) is 0 Å². The van der Waals surface area contributed by atoms with Crippen LogP contribution in [0.15, 0.2) is 17.7 Å². The predicted molar refractivity (Wildman–Crippen MR) is 104 cm³/mol. The predicted octanol–water partition coefficient (Wildman–Crippen LogP) is 2.85. The molecule has 0 aliphatic heterocycles. The number of rotatable bonds is 10. The highest BCUT2D eigenvalue weighted by atomic mass is 16.5. The van der Waals surface area contributed by atoms with Crippen LogP contribution in [-0.4, -0.2) is 47.3 Å². The number of hydrogen-bond acceptors (Lipinski definition) is 4. The minimum atomic E-state index is -0.449. The molecule has 26 heavy (non-hydrogen) atoms. The monoisotopic (exact) mass is 361 g/mol. The molecule has 1 heterocycles. The smallest absolute Gasteiger partial charge is 0.0897 e. The molecule has 0 saturated heterocycles. The van der Waals surface area contributed by atoms with E-state index in [1.807, 2.05) is 11.6 Å². The van der Waals surface area contributed by atoms with Gasteiger partial charge < -0.3 is 15.2 Å². The Bertz CT molecular complexity index is 635. The summed E-state index contributed by atoms with van der Waals surface area (Å²) in [6, 6.07) is 2.10. The maximum Gasteiger partial charge on any atom is 0.0897 e. The Kier molecular flexibility index (Phi) is 6.21. The van der Waals surface area contributed by atoms with Crippen molar-refractivity contribution in [2.75, 3.05) is 26.3 Å². The average molecular weight is 362 g/mol. The van der Waals surface area contributed by atoms with Crippen LogP contribution in [0.1, 0.15) is 44.5 Å². The zero-order valence-corrected chi connectivity index (χ0v) is 16.8. The average Bonchev–Trinajstić information content (AvgIpc) is 2.92. The second-order valence-electron chi connectivity index (χ2n) is 8.70. The molecule has 0 radical (unpaired) electrons. The third kappa shape index (κ3) is 4.38. The zero-order valence-electron chi connectivity index (χ0n) is 16.8. The van der Waals surface area contributed by atoms with Gasteiger partial charge in [-0.2, -0.15) is 5.10 Å². The number of aryl methyl sites for hydroxylation is 3. The maximum absolute atomic E-state index is 10.1. The number of allylic oxidation sites excluding steroid dienone is 1. The van der Waals surface area contributed by atoms with Gasteiger partial charge in [0.2, 0.25) is 0 Å². The first-order valence-corrected chi connectivity index (χ1v) is 10.0. The van der Waals surface area contributed by atoms with Gasteiger partial charge in [-0.05, 0) is 68.5 Å². The van der Waals surface area contributed by atoms with Crippen LogP contribution in [0.4, 0.5) is 0 Å². The van der Waals surface area contributed by atoms with Crippen LogP contribution in [0.3, 0.4) is 0 Å². The molecule has 1 aromatic heterocycles. The van der Waals surface area contributed by atoms with Crippen LogP contribution in [-0.2, 0) is 11.3 Å². The molecule has 0 unspecified atom stereocenters. The minimum Gasteiger partial charge on any atom is -0.389 e. The van der Waals surface area contributed by atoms with Crippen molar-refractivity contribution in [3.63, 3.8) is 0 Å². The van der Waals surface area contributed by atoms with Crippen molar-refractivity contribution in [1.29, 1.82) is 0 Å². The first kappa shape index (κ1) is 19.6. The van der Waals surface area contributed by atoms with Crippen LogP contribution in [0.2, 0.25) is 0 Å². The molecule has 5 heteroatoms. The molecular weight excluding hydrogens is 326 g/mol. The Balaban J connectivity index is 1.25. The van der Waals surface area contributed by atoms with E-state index < -0.39 is 6.10 Å². The Morgan fingerprint density at radius 1 is 1.42 bits per heavy atom. The van der Waals surface area contributed by atoms with Gasteiger partial charge in [0.15, 0.2) is 0 Å². The topological polar surface area (TPSA) is 59.3 Å². The Morgan fingerprint density at radius 2 is 2.23 bits per heavy atom. The summed E-state index contributed by atoms with van der Waals surface area (Å²) in [5.41, 5.74) is 4.16. The van der Waals surface area contributed by atoms with Crippen LogP contribution < -0.4 is 5.32 Å². The summed E-state index contributed by atoms with van der Waals surface area (Å²) in [5, 5.41) is 17.9. The molecular formula is C21H35N3O2. The number of aliphatic hydroxyl groups excluding tert-OH is 1. The highest BCUT2D eigenvalue weighted by Gasteiger charge is 2.50. The number of aliphatic hydroxyl groups is 1. The summed E-state index contributed by atoms with van der Waals surface area (Å²) in [5.74, 6) is 1.55. The van der Waals surface area contributed by atoms with Gasteiger partial charge in [0, 0.05) is 18.8 Å².